The second-order valence-electron chi connectivity index (χ2n) is 3.77. The Morgan fingerprint density at radius 2 is 2.53 bits per heavy atom. The highest BCUT2D eigenvalue weighted by atomic mass is 35.5. The van der Waals surface area contributed by atoms with Crippen molar-refractivity contribution in [2.75, 3.05) is 24.5 Å². The number of hydrogen-bond acceptors (Lipinski definition) is 3. The predicted molar refractivity (Wildman–Crippen MR) is 63.5 cm³/mol. The summed E-state index contributed by atoms with van der Waals surface area (Å²) in [6.07, 6.45) is 2.91. The van der Waals surface area contributed by atoms with E-state index in [-0.39, 0.29) is 0 Å². The van der Waals surface area contributed by atoms with Gasteiger partial charge in [0, 0.05) is 31.9 Å². The fourth-order valence-corrected chi connectivity index (χ4v) is 2.22. The minimum absolute atomic E-state index is 0.506. The maximum atomic E-state index is 6.16. The van der Waals surface area contributed by atoms with Gasteiger partial charge in [-0.15, -0.1) is 0 Å². The molecule has 82 valence electrons. The molecule has 0 amide bonds. The van der Waals surface area contributed by atoms with Crippen LogP contribution in [0.25, 0.3) is 0 Å². The molecule has 1 N–H and O–H groups in total. The molecule has 0 aromatic carbocycles. The van der Waals surface area contributed by atoms with E-state index in [0.717, 1.165) is 36.9 Å². The van der Waals surface area contributed by atoms with Crippen LogP contribution in [0.2, 0.25) is 5.02 Å². The van der Waals surface area contributed by atoms with E-state index in [2.05, 4.69) is 22.1 Å². The molecule has 1 aliphatic heterocycles. The number of piperazine rings is 1. The fourth-order valence-electron chi connectivity index (χ4n) is 1.99. The van der Waals surface area contributed by atoms with E-state index >= 15 is 0 Å². The van der Waals surface area contributed by atoms with Crippen molar-refractivity contribution in [2.24, 2.45) is 0 Å². The molecular weight excluding hydrogens is 210 g/mol. The van der Waals surface area contributed by atoms with Crippen LogP contribution >= 0.6 is 11.6 Å². The molecule has 1 aromatic rings. The van der Waals surface area contributed by atoms with Crippen LogP contribution in [0.5, 0.6) is 0 Å². The Morgan fingerprint density at radius 1 is 1.67 bits per heavy atom. The second-order valence-corrected chi connectivity index (χ2v) is 4.18. The maximum Gasteiger partial charge on any atom is 0.147 e. The van der Waals surface area contributed by atoms with Gasteiger partial charge in [-0.25, -0.2) is 4.98 Å². The van der Waals surface area contributed by atoms with Crippen LogP contribution in [0.4, 0.5) is 5.82 Å². The Hall–Kier alpha value is -0.800. The topological polar surface area (TPSA) is 28.2 Å². The van der Waals surface area contributed by atoms with Crippen LogP contribution < -0.4 is 10.2 Å². The fraction of sp³-hybridized carbons (Fsp3) is 0.545. The monoisotopic (exact) mass is 225 g/mol. The highest BCUT2D eigenvalue weighted by Gasteiger charge is 2.22. The van der Waals surface area contributed by atoms with Gasteiger partial charge in [0.15, 0.2) is 0 Å². The van der Waals surface area contributed by atoms with Gasteiger partial charge in [-0.2, -0.15) is 0 Å². The summed E-state index contributed by atoms with van der Waals surface area (Å²) in [6.45, 7) is 5.20. The van der Waals surface area contributed by atoms with E-state index in [0.29, 0.717) is 6.04 Å². The Labute approximate surface area is 95.4 Å². The Bertz CT molecular complexity index is 329. The molecule has 0 aliphatic carbocycles. The molecular formula is C11H16ClN3. The van der Waals surface area contributed by atoms with Crippen molar-refractivity contribution < 1.29 is 0 Å². The van der Waals surface area contributed by atoms with Crippen molar-refractivity contribution in [3.8, 4) is 0 Å². The molecule has 1 atom stereocenters. The number of pyridine rings is 1. The standard InChI is InChI=1S/C11H16ClN3/c1-2-9-8-13-6-7-15(9)11-10(12)4-3-5-14-11/h3-5,9,13H,2,6-8H2,1H3. The SMILES string of the molecule is CCC1CNCCN1c1ncccc1Cl. The molecule has 1 unspecified atom stereocenters. The number of rotatable bonds is 2. The van der Waals surface area contributed by atoms with Crippen LogP contribution in [-0.4, -0.2) is 30.7 Å². The minimum atomic E-state index is 0.506. The summed E-state index contributed by atoms with van der Waals surface area (Å²) in [7, 11) is 0. The van der Waals surface area contributed by atoms with E-state index in [9.17, 15) is 0 Å². The lowest BCUT2D eigenvalue weighted by atomic mass is 10.1. The van der Waals surface area contributed by atoms with Crippen molar-refractivity contribution in [3.05, 3.63) is 23.4 Å². The number of anilines is 1. The highest BCUT2D eigenvalue weighted by molar-refractivity contribution is 6.32. The van der Waals surface area contributed by atoms with Crippen LogP contribution in [0.1, 0.15) is 13.3 Å². The number of nitrogens with zero attached hydrogens (tertiary/aromatic N) is 2. The Balaban J connectivity index is 2.24. The van der Waals surface area contributed by atoms with Crippen LogP contribution in [0.15, 0.2) is 18.3 Å². The van der Waals surface area contributed by atoms with Gasteiger partial charge in [-0.05, 0) is 18.6 Å². The van der Waals surface area contributed by atoms with E-state index in [1.165, 1.54) is 0 Å². The predicted octanol–water partition coefficient (Wildman–Crippen LogP) is 1.92. The average molecular weight is 226 g/mol. The Morgan fingerprint density at radius 3 is 3.27 bits per heavy atom. The lowest BCUT2D eigenvalue weighted by molar-refractivity contribution is 0.463. The molecule has 0 spiro atoms. The summed E-state index contributed by atoms with van der Waals surface area (Å²) in [5, 5.41) is 4.14. The van der Waals surface area contributed by atoms with Crippen LogP contribution in [0.3, 0.4) is 0 Å². The van der Waals surface area contributed by atoms with Crippen molar-refractivity contribution in [1.29, 1.82) is 0 Å². The van der Waals surface area contributed by atoms with Gasteiger partial charge < -0.3 is 10.2 Å². The summed E-state index contributed by atoms with van der Waals surface area (Å²) < 4.78 is 0. The van der Waals surface area contributed by atoms with Crippen molar-refractivity contribution in [3.63, 3.8) is 0 Å². The lowest BCUT2D eigenvalue weighted by Gasteiger charge is -2.37. The summed E-state index contributed by atoms with van der Waals surface area (Å²) in [5.41, 5.74) is 0. The number of halogens is 1. The number of nitrogens with one attached hydrogen (secondary N) is 1. The molecule has 2 heterocycles. The lowest BCUT2D eigenvalue weighted by Crippen LogP contribution is -2.51. The zero-order chi connectivity index (χ0) is 10.7. The quantitative estimate of drug-likeness (QED) is 0.834. The summed E-state index contributed by atoms with van der Waals surface area (Å²) in [4.78, 5) is 6.67. The normalized spacial score (nSPS) is 21.7. The van der Waals surface area contributed by atoms with Gasteiger partial charge >= 0.3 is 0 Å². The molecule has 0 bridgehead atoms. The minimum Gasteiger partial charge on any atom is -0.350 e. The van der Waals surface area contributed by atoms with Crippen LogP contribution in [-0.2, 0) is 0 Å². The third-order valence-electron chi connectivity index (χ3n) is 2.83. The first kappa shape index (κ1) is 10.7. The van der Waals surface area contributed by atoms with Gasteiger partial charge in [0.05, 0.1) is 5.02 Å². The van der Waals surface area contributed by atoms with Crippen LogP contribution in [0, 0.1) is 0 Å². The van der Waals surface area contributed by atoms with E-state index in [1.807, 2.05) is 12.1 Å². The van der Waals surface area contributed by atoms with E-state index in [1.54, 1.807) is 6.20 Å². The first-order chi connectivity index (χ1) is 7.33. The molecule has 4 heteroatoms. The summed E-state index contributed by atoms with van der Waals surface area (Å²) in [5.74, 6) is 0.924. The third-order valence-corrected chi connectivity index (χ3v) is 3.13. The van der Waals surface area contributed by atoms with E-state index < -0.39 is 0 Å². The largest absolute Gasteiger partial charge is 0.350 e. The molecule has 1 aliphatic rings. The molecule has 15 heavy (non-hydrogen) atoms. The Kier molecular flexibility index (Phi) is 3.44. The zero-order valence-corrected chi connectivity index (χ0v) is 9.67. The van der Waals surface area contributed by atoms with Gasteiger partial charge in [0.25, 0.3) is 0 Å². The molecule has 3 nitrogen and oxygen atoms in total. The van der Waals surface area contributed by atoms with Crippen molar-refractivity contribution in [2.45, 2.75) is 19.4 Å². The molecule has 1 saturated heterocycles. The van der Waals surface area contributed by atoms with Gasteiger partial charge in [0.2, 0.25) is 0 Å². The molecule has 0 radical (unpaired) electrons. The first-order valence-corrected chi connectivity index (χ1v) is 5.78. The molecule has 1 aromatic heterocycles. The number of aromatic nitrogens is 1. The summed E-state index contributed by atoms with van der Waals surface area (Å²) in [6, 6.07) is 4.28. The zero-order valence-electron chi connectivity index (χ0n) is 8.91. The molecule has 2 rings (SSSR count). The van der Waals surface area contributed by atoms with Gasteiger partial charge in [0.1, 0.15) is 5.82 Å². The maximum absolute atomic E-state index is 6.16. The number of hydrogen-bond donors (Lipinski definition) is 1. The molecule has 0 saturated carbocycles. The molecule has 1 fully saturated rings. The van der Waals surface area contributed by atoms with Gasteiger partial charge in [-0.3, -0.25) is 0 Å². The summed E-state index contributed by atoms with van der Waals surface area (Å²) >= 11 is 6.16. The van der Waals surface area contributed by atoms with E-state index in [4.69, 9.17) is 11.6 Å². The highest BCUT2D eigenvalue weighted by Crippen LogP contribution is 2.25. The second kappa shape index (κ2) is 4.81. The third kappa shape index (κ3) is 2.24. The van der Waals surface area contributed by atoms with Gasteiger partial charge in [-0.1, -0.05) is 18.5 Å². The average Bonchev–Trinajstić information content (AvgIpc) is 2.30. The van der Waals surface area contributed by atoms with Crippen molar-refractivity contribution in [1.82, 2.24) is 10.3 Å². The first-order valence-electron chi connectivity index (χ1n) is 5.40. The smallest absolute Gasteiger partial charge is 0.147 e. The van der Waals surface area contributed by atoms with Crippen molar-refractivity contribution >= 4 is 17.4 Å².